The Kier molecular flexibility index (Phi) is 3.84. The molecule has 3 nitrogen and oxygen atoms in total. The Balaban J connectivity index is 2.77. The lowest BCUT2D eigenvalue weighted by Crippen LogP contribution is -1.95. The highest BCUT2D eigenvalue weighted by Gasteiger charge is 2.07. The summed E-state index contributed by atoms with van der Waals surface area (Å²) in [6.45, 7) is 0. The van der Waals surface area contributed by atoms with E-state index in [0.717, 1.165) is 11.8 Å². The van der Waals surface area contributed by atoms with Crippen molar-refractivity contribution < 1.29 is 4.92 Å². The van der Waals surface area contributed by atoms with Crippen LogP contribution in [-0.4, -0.2) is 10.8 Å². The van der Waals surface area contributed by atoms with Gasteiger partial charge in [0.25, 0.3) is 5.88 Å². The number of nitro groups is 1. The van der Waals surface area contributed by atoms with Gasteiger partial charge in [-0.25, -0.2) is 0 Å². The fourth-order valence-electron chi connectivity index (χ4n) is 0.718. The summed E-state index contributed by atoms with van der Waals surface area (Å²) in [5.74, 6) is -0.208. The maximum atomic E-state index is 10.1. The summed E-state index contributed by atoms with van der Waals surface area (Å²) in [5.41, 5.74) is 0. The summed E-state index contributed by atoms with van der Waals surface area (Å²) in [6.07, 6.45) is 0. The van der Waals surface area contributed by atoms with E-state index in [1.165, 1.54) is 0 Å². The second-order valence-electron chi connectivity index (χ2n) is 2.16. The molecule has 0 saturated heterocycles. The number of hydrogen-bond acceptors (Lipinski definition) is 3. The Labute approximate surface area is 89.2 Å². The van der Waals surface area contributed by atoms with Gasteiger partial charge in [0.1, 0.15) is 0 Å². The van der Waals surface area contributed by atoms with Crippen LogP contribution in [0.3, 0.4) is 0 Å². The minimum absolute atomic E-state index is 0.208. The summed E-state index contributed by atoms with van der Waals surface area (Å²) in [4.78, 5) is 10.3. The quantitative estimate of drug-likeness (QED) is 0.351. The van der Waals surface area contributed by atoms with E-state index in [1.807, 2.05) is 0 Å². The molecular weight excluding hydrogens is 233 g/mol. The Morgan fingerprint density at radius 3 is 2.77 bits per heavy atom. The third-order valence-electron chi connectivity index (χ3n) is 1.24. The number of thioether (sulfide) groups is 1. The van der Waals surface area contributed by atoms with Gasteiger partial charge in [0.2, 0.25) is 0 Å². The van der Waals surface area contributed by atoms with Gasteiger partial charge in [-0.1, -0.05) is 29.3 Å². The van der Waals surface area contributed by atoms with Gasteiger partial charge in [0, 0.05) is 9.82 Å². The van der Waals surface area contributed by atoms with E-state index in [1.54, 1.807) is 18.2 Å². The molecule has 0 radical (unpaired) electrons. The zero-order valence-corrected chi connectivity index (χ0v) is 8.70. The number of rotatable bonds is 3. The molecule has 0 aliphatic heterocycles. The standard InChI is InChI=1S/C7H5Cl2NO2S/c8-5-2-1-3-6(7(5)9)13-4-10(11)12/h1-3H,4H2. The summed E-state index contributed by atoms with van der Waals surface area (Å²) in [6, 6.07) is 5.04. The summed E-state index contributed by atoms with van der Waals surface area (Å²) in [5, 5.41) is 10.9. The fourth-order valence-corrected chi connectivity index (χ4v) is 1.89. The lowest BCUT2D eigenvalue weighted by Gasteiger charge is -2.01. The molecule has 0 saturated carbocycles. The van der Waals surface area contributed by atoms with Crippen LogP contribution in [0.15, 0.2) is 23.1 Å². The van der Waals surface area contributed by atoms with Crippen LogP contribution in [0.1, 0.15) is 0 Å². The van der Waals surface area contributed by atoms with E-state index in [4.69, 9.17) is 23.2 Å². The zero-order valence-electron chi connectivity index (χ0n) is 6.37. The largest absolute Gasteiger partial charge is 0.264 e. The first kappa shape index (κ1) is 10.6. The van der Waals surface area contributed by atoms with Crippen LogP contribution in [0.5, 0.6) is 0 Å². The topological polar surface area (TPSA) is 43.1 Å². The molecule has 0 aromatic heterocycles. The van der Waals surface area contributed by atoms with Crippen molar-refractivity contribution in [3.8, 4) is 0 Å². The first-order chi connectivity index (χ1) is 6.11. The lowest BCUT2D eigenvalue weighted by molar-refractivity contribution is -0.456. The highest BCUT2D eigenvalue weighted by atomic mass is 35.5. The van der Waals surface area contributed by atoms with Crippen molar-refractivity contribution in [2.75, 3.05) is 5.88 Å². The molecule has 0 atom stereocenters. The number of benzene rings is 1. The highest BCUT2D eigenvalue weighted by Crippen LogP contribution is 2.32. The molecule has 6 heteroatoms. The second kappa shape index (κ2) is 4.69. The SMILES string of the molecule is O=[N+]([O-])CSc1cccc(Cl)c1Cl. The molecule has 0 unspecified atom stereocenters. The molecule has 0 bridgehead atoms. The van der Waals surface area contributed by atoms with Crippen LogP contribution in [0, 0.1) is 10.1 Å². The lowest BCUT2D eigenvalue weighted by atomic mass is 10.4. The Hall–Kier alpha value is -0.450. The van der Waals surface area contributed by atoms with Crippen LogP contribution in [0.25, 0.3) is 0 Å². The van der Waals surface area contributed by atoms with Gasteiger partial charge in [-0.15, -0.1) is 0 Å². The van der Waals surface area contributed by atoms with Gasteiger partial charge in [-0.3, -0.25) is 10.1 Å². The molecular formula is C7H5Cl2NO2S. The predicted molar refractivity (Wildman–Crippen MR) is 54.2 cm³/mol. The molecule has 0 fully saturated rings. The molecule has 1 aromatic carbocycles. The van der Waals surface area contributed by atoms with E-state index in [2.05, 4.69) is 0 Å². The zero-order chi connectivity index (χ0) is 9.84. The molecule has 0 amide bonds. The van der Waals surface area contributed by atoms with Crippen LogP contribution < -0.4 is 0 Å². The summed E-state index contributed by atoms with van der Waals surface area (Å²) >= 11 is 12.6. The van der Waals surface area contributed by atoms with Gasteiger partial charge in [-0.05, 0) is 23.9 Å². The van der Waals surface area contributed by atoms with Crippen molar-refractivity contribution in [2.45, 2.75) is 4.90 Å². The molecule has 0 spiro atoms. The van der Waals surface area contributed by atoms with Gasteiger partial charge in [-0.2, -0.15) is 0 Å². The third-order valence-corrected chi connectivity index (χ3v) is 3.16. The van der Waals surface area contributed by atoms with Crippen molar-refractivity contribution in [1.29, 1.82) is 0 Å². The summed E-state index contributed by atoms with van der Waals surface area (Å²) in [7, 11) is 0. The average molecular weight is 238 g/mol. The van der Waals surface area contributed by atoms with Crippen molar-refractivity contribution in [1.82, 2.24) is 0 Å². The van der Waals surface area contributed by atoms with Crippen LogP contribution in [-0.2, 0) is 0 Å². The molecule has 0 aliphatic carbocycles. The number of nitrogens with zero attached hydrogens (tertiary/aromatic N) is 1. The smallest absolute Gasteiger partial charge is 0.253 e. The van der Waals surface area contributed by atoms with Crippen LogP contribution in [0.4, 0.5) is 0 Å². The molecule has 1 aromatic rings. The van der Waals surface area contributed by atoms with Crippen molar-refractivity contribution in [3.05, 3.63) is 38.4 Å². The van der Waals surface area contributed by atoms with E-state index in [-0.39, 0.29) is 5.88 Å². The molecule has 70 valence electrons. The Morgan fingerprint density at radius 2 is 2.15 bits per heavy atom. The number of hydrogen-bond donors (Lipinski definition) is 0. The Bertz CT molecular complexity index is 332. The van der Waals surface area contributed by atoms with Gasteiger partial charge >= 0.3 is 0 Å². The maximum Gasteiger partial charge on any atom is 0.253 e. The van der Waals surface area contributed by atoms with Crippen molar-refractivity contribution >= 4 is 35.0 Å². The monoisotopic (exact) mass is 237 g/mol. The predicted octanol–water partition coefficient (Wildman–Crippen LogP) is 3.32. The average Bonchev–Trinajstić information content (AvgIpc) is 2.07. The first-order valence-corrected chi connectivity index (χ1v) is 5.04. The van der Waals surface area contributed by atoms with E-state index in [9.17, 15) is 10.1 Å². The van der Waals surface area contributed by atoms with Gasteiger partial charge < -0.3 is 0 Å². The minimum atomic E-state index is -0.415. The molecule has 0 heterocycles. The van der Waals surface area contributed by atoms with Crippen LogP contribution in [0.2, 0.25) is 10.0 Å². The molecule has 1 rings (SSSR count). The molecule has 0 N–H and O–H groups in total. The molecule has 13 heavy (non-hydrogen) atoms. The van der Waals surface area contributed by atoms with Crippen LogP contribution >= 0.6 is 35.0 Å². The van der Waals surface area contributed by atoms with Crippen molar-refractivity contribution in [2.24, 2.45) is 0 Å². The number of halogens is 2. The fraction of sp³-hybridized carbons (Fsp3) is 0.143. The van der Waals surface area contributed by atoms with Gasteiger partial charge in [0.15, 0.2) is 0 Å². The minimum Gasteiger partial charge on any atom is -0.264 e. The van der Waals surface area contributed by atoms with E-state index < -0.39 is 4.92 Å². The second-order valence-corrected chi connectivity index (χ2v) is 3.93. The van der Waals surface area contributed by atoms with Gasteiger partial charge in [0.05, 0.1) is 10.0 Å². The third kappa shape index (κ3) is 3.06. The van der Waals surface area contributed by atoms with E-state index in [0.29, 0.717) is 14.9 Å². The van der Waals surface area contributed by atoms with E-state index >= 15 is 0 Å². The normalized spacial score (nSPS) is 10.0. The highest BCUT2D eigenvalue weighted by molar-refractivity contribution is 7.99. The molecule has 0 aliphatic rings. The maximum absolute atomic E-state index is 10.1. The summed E-state index contributed by atoms with van der Waals surface area (Å²) < 4.78 is 0. The first-order valence-electron chi connectivity index (χ1n) is 3.30. The van der Waals surface area contributed by atoms with Crippen molar-refractivity contribution in [3.63, 3.8) is 0 Å². The Morgan fingerprint density at radius 1 is 1.46 bits per heavy atom.